The third kappa shape index (κ3) is 4.64. The Labute approximate surface area is 164 Å². The van der Waals surface area contributed by atoms with Crippen LogP contribution in [0.25, 0.3) is 0 Å². The van der Waals surface area contributed by atoms with Crippen molar-refractivity contribution in [3.05, 3.63) is 29.3 Å². The first-order valence-electron chi connectivity index (χ1n) is 8.61. The van der Waals surface area contributed by atoms with Crippen molar-refractivity contribution in [2.24, 2.45) is 0 Å². The van der Waals surface area contributed by atoms with Crippen LogP contribution in [-0.2, 0) is 20.8 Å². The number of fused-ring (bicyclic) bond motifs is 1. The van der Waals surface area contributed by atoms with Gasteiger partial charge in [-0.2, -0.15) is 0 Å². The lowest BCUT2D eigenvalue weighted by molar-refractivity contribution is -0.146. The number of phenolic OH excluding ortho intramolecular Hbond substituents is 1. The van der Waals surface area contributed by atoms with E-state index in [9.17, 15) is 19.5 Å². The minimum absolute atomic E-state index is 0.0283. The standard InChI is InChI=1S/C19H24N2O6Si/c1-26-17(24)19(20-18(25)27-2,8-9-28(3,4)5)12-21-11-13-6-7-14(22)10-15(13)16(21)23/h6-7,10,22H,11-12H2,1-5H3,(H,20,25)/t19-/m1/s1. The van der Waals surface area contributed by atoms with Gasteiger partial charge in [-0.3, -0.25) is 10.1 Å². The molecule has 1 aliphatic heterocycles. The Morgan fingerprint density at radius 2 is 1.96 bits per heavy atom. The molecule has 8 nitrogen and oxygen atoms in total. The van der Waals surface area contributed by atoms with Crippen LogP contribution in [0.4, 0.5) is 4.79 Å². The van der Waals surface area contributed by atoms with Gasteiger partial charge in [0.25, 0.3) is 5.91 Å². The second kappa shape index (κ2) is 7.94. The summed E-state index contributed by atoms with van der Waals surface area (Å²) in [5, 5.41) is 12.1. The Hall–Kier alpha value is -2.99. The monoisotopic (exact) mass is 404 g/mol. The van der Waals surface area contributed by atoms with Crippen molar-refractivity contribution in [2.75, 3.05) is 20.8 Å². The molecule has 28 heavy (non-hydrogen) atoms. The van der Waals surface area contributed by atoms with Crippen LogP contribution in [0.3, 0.4) is 0 Å². The summed E-state index contributed by atoms with van der Waals surface area (Å²) in [4.78, 5) is 38.8. The van der Waals surface area contributed by atoms with Crippen molar-refractivity contribution in [1.29, 1.82) is 0 Å². The quantitative estimate of drug-likeness (QED) is 0.448. The molecule has 0 radical (unpaired) electrons. The molecule has 0 spiro atoms. The summed E-state index contributed by atoms with van der Waals surface area (Å²) in [7, 11) is 0.427. The Morgan fingerprint density at radius 1 is 1.29 bits per heavy atom. The lowest BCUT2D eigenvalue weighted by atomic mass is 10.00. The Bertz CT molecular complexity index is 867. The molecule has 150 valence electrons. The average molecular weight is 404 g/mol. The number of ether oxygens (including phenoxy) is 2. The molecule has 1 aromatic carbocycles. The number of alkyl carbamates (subject to hydrolysis) is 1. The molecule has 0 aliphatic carbocycles. The number of carbonyl (C=O) groups is 3. The van der Waals surface area contributed by atoms with Crippen molar-refractivity contribution in [3.63, 3.8) is 0 Å². The average Bonchev–Trinajstić information content (AvgIpc) is 2.93. The highest BCUT2D eigenvalue weighted by Crippen LogP contribution is 2.27. The van der Waals surface area contributed by atoms with E-state index < -0.39 is 25.7 Å². The molecule has 2 rings (SSSR count). The number of nitrogens with zero attached hydrogens (tertiary/aromatic N) is 1. The Morgan fingerprint density at radius 3 is 2.54 bits per heavy atom. The number of hydrogen-bond acceptors (Lipinski definition) is 6. The van der Waals surface area contributed by atoms with E-state index in [4.69, 9.17) is 4.74 Å². The number of rotatable bonds is 4. The van der Waals surface area contributed by atoms with E-state index in [1.165, 1.54) is 31.3 Å². The Balaban J connectivity index is 2.46. The van der Waals surface area contributed by atoms with E-state index in [0.29, 0.717) is 11.1 Å². The molecular weight excluding hydrogens is 380 g/mol. The molecule has 0 saturated carbocycles. The molecule has 0 unspecified atom stereocenters. The van der Waals surface area contributed by atoms with Gasteiger partial charge in [0.15, 0.2) is 0 Å². The van der Waals surface area contributed by atoms with E-state index in [2.05, 4.69) is 21.5 Å². The number of carbonyl (C=O) groups excluding carboxylic acids is 3. The van der Waals surface area contributed by atoms with Gasteiger partial charge in [0.05, 0.1) is 20.8 Å². The summed E-state index contributed by atoms with van der Waals surface area (Å²) >= 11 is 0. The predicted octanol–water partition coefficient (Wildman–Crippen LogP) is 1.50. The summed E-state index contributed by atoms with van der Waals surface area (Å²) in [5.74, 6) is 1.66. The highest BCUT2D eigenvalue weighted by molar-refractivity contribution is 6.83. The molecule has 0 saturated heterocycles. The SMILES string of the molecule is COC(=O)N[C@](C#C[Si](C)(C)C)(CN1Cc2ccc(O)cc2C1=O)C(=O)OC. The molecule has 1 atom stereocenters. The lowest BCUT2D eigenvalue weighted by Gasteiger charge is -2.31. The van der Waals surface area contributed by atoms with Crippen LogP contribution in [-0.4, -0.2) is 62.4 Å². The summed E-state index contributed by atoms with van der Waals surface area (Å²) in [6, 6.07) is 4.50. The maximum atomic E-state index is 12.8. The second-order valence-electron chi connectivity index (χ2n) is 7.52. The summed E-state index contributed by atoms with van der Waals surface area (Å²) in [5.41, 5.74) is 2.34. The van der Waals surface area contributed by atoms with E-state index in [0.717, 1.165) is 0 Å². The maximum absolute atomic E-state index is 12.8. The number of phenols is 1. The summed E-state index contributed by atoms with van der Waals surface area (Å²) in [6.45, 7) is 5.95. The summed E-state index contributed by atoms with van der Waals surface area (Å²) < 4.78 is 9.54. The van der Waals surface area contributed by atoms with Crippen molar-refractivity contribution in [3.8, 4) is 17.2 Å². The molecule has 1 heterocycles. The zero-order chi connectivity index (χ0) is 21.1. The highest BCUT2D eigenvalue weighted by atomic mass is 28.3. The van der Waals surface area contributed by atoms with Crippen LogP contribution < -0.4 is 5.32 Å². The number of amides is 2. The molecular formula is C19H24N2O6Si. The molecule has 9 heteroatoms. The van der Waals surface area contributed by atoms with E-state index >= 15 is 0 Å². The first-order valence-corrected chi connectivity index (χ1v) is 12.1. The number of aromatic hydroxyl groups is 1. The van der Waals surface area contributed by atoms with Crippen LogP contribution in [0.1, 0.15) is 15.9 Å². The highest BCUT2D eigenvalue weighted by Gasteiger charge is 2.45. The van der Waals surface area contributed by atoms with Crippen LogP contribution in [0.2, 0.25) is 19.6 Å². The molecule has 2 N–H and O–H groups in total. The number of esters is 1. The van der Waals surface area contributed by atoms with Gasteiger partial charge in [0.2, 0.25) is 5.54 Å². The molecule has 2 amide bonds. The third-order valence-electron chi connectivity index (χ3n) is 4.09. The van der Waals surface area contributed by atoms with Gasteiger partial charge in [0, 0.05) is 12.1 Å². The van der Waals surface area contributed by atoms with Crippen LogP contribution in [0.5, 0.6) is 5.75 Å². The molecule has 0 bridgehead atoms. The van der Waals surface area contributed by atoms with E-state index in [1.54, 1.807) is 6.07 Å². The molecule has 0 fully saturated rings. The summed E-state index contributed by atoms with van der Waals surface area (Å²) in [6.07, 6.45) is -0.864. The minimum Gasteiger partial charge on any atom is -0.508 e. The number of benzene rings is 1. The van der Waals surface area contributed by atoms with Crippen LogP contribution >= 0.6 is 0 Å². The first kappa shape index (κ1) is 21.3. The van der Waals surface area contributed by atoms with Gasteiger partial charge in [-0.25, -0.2) is 9.59 Å². The van der Waals surface area contributed by atoms with Gasteiger partial charge in [-0.05, 0) is 17.7 Å². The van der Waals surface area contributed by atoms with Gasteiger partial charge < -0.3 is 19.5 Å². The van der Waals surface area contributed by atoms with Gasteiger partial charge in [0.1, 0.15) is 13.8 Å². The van der Waals surface area contributed by atoms with Crippen molar-refractivity contribution >= 4 is 26.0 Å². The van der Waals surface area contributed by atoms with Crippen LogP contribution in [0, 0.1) is 11.5 Å². The van der Waals surface area contributed by atoms with Crippen molar-refractivity contribution in [1.82, 2.24) is 10.2 Å². The Kier molecular flexibility index (Phi) is 6.04. The van der Waals surface area contributed by atoms with Crippen LogP contribution in [0.15, 0.2) is 18.2 Å². The maximum Gasteiger partial charge on any atom is 0.408 e. The normalized spacial score (nSPS) is 15.0. The third-order valence-corrected chi connectivity index (χ3v) is 4.96. The molecule has 1 aromatic rings. The fourth-order valence-corrected chi connectivity index (χ4v) is 3.32. The lowest BCUT2D eigenvalue weighted by Crippen LogP contribution is -2.60. The largest absolute Gasteiger partial charge is 0.508 e. The first-order chi connectivity index (χ1) is 13.0. The number of nitrogens with one attached hydrogen (secondary N) is 1. The molecule has 0 aromatic heterocycles. The van der Waals surface area contributed by atoms with Gasteiger partial charge >= 0.3 is 12.1 Å². The van der Waals surface area contributed by atoms with E-state index in [-0.39, 0.29) is 24.7 Å². The van der Waals surface area contributed by atoms with Crippen molar-refractivity contribution in [2.45, 2.75) is 31.7 Å². The topological polar surface area (TPSA) is 105 Å². The fourth-order valence-electron chi connectivity index (χ4n) is 2.73. The fraction of sp³-hybridized carbons (Fsp3) is 0.421. The minimum atomic E-state index is -1.93. The van der Waals surface area contributed by atoms with E-state index in [1.807, 2.05) is 19.6 Å². The second-order valence-corrected chi connectivity index (χ2v) is 12.3. The van der Waals surface area contributed by atoms with Gasteiger partial charge in [-0.15, -0.1) is 5.54 Å². The number of hydrogen-bond donors (Lipinski definition) is 2. The molecule has 1 aliphatic rings. The van der Waals surface area contributed by atoms with Crippen molar-refractivity contribution < 1.29 is 29.0 Å². The predicted molar refractivity (Wildman–Crippen MR) is 104 cm³/mol. The zero-order valence-electron chi connectivity index (χ0n) is 16.6. The van der Waals surface area contributed by atoms with Gasteiger partial charge in [-0.1, -0.05) is 31.6 Å². The smallest absolute Gasteiger partial charge is 0.408 e. The number of methoxy groups -OCH3 is 2. The zero-order valence-corrected chi connectivity index (χ0v) is 17.6.